The second-order valence-corrected chi connectivity index (χ2v) is 6.60. The lowest BCUT2D eigenvalue weighted by atomic mass is 10.2. The van der Waals surface area contributed by atoms with Crippen LogP contribution in [0.25, 0.3) is 0 Å². The summed E-state index contributed by atoms with van der Waals surface area (Å²) in [6.07, 6.45) is 2.42. The molecule has 0 aliphatic carbocycles. The molecule has 0 aromatic heterocycles. The second kappa shape index (κ2) is 11.8. The number of ether oxygens (including phenoxy) is 1. The molecule has 1 aromatic carbocycles. The summed E-state index contributed by atoms with van der Waals surface area (Å²) in [4.78, 5) is 4.57. The molecule has 1 aromatic rings. The predicted molar refractivity (Wildman–Crippen MR) is 111 cm³/mol. The predicted octanol–water partition coefficient (Wildman–Crippen LogP) is 3.79. The number of rotatable bonds is 6. The zero-order valence-electron chi connectivity index (χ0n) is 14.3. The van der Waals surface area contributed by atoms with Gasteiger partial charge in [0.05, 0.1) is 13.2 Å². The van der Waals surface area contributed by atoms with Crippen LogP contribution in [0.5, 0.6) is 5.75 Å². The van der Waals surface area contributed by atoms with Crippen LogP contribution in [0.15, 0.2) is 23.2 Å². The van der Waals surface area contributed by atoms with E-state index in [0.717, 1.165) is 23.8 Å². The third-order valence-electron chi connectivity index (χ3n) is 3.56. The average molecular weight is 467 g/mol. The van der Waals surface area contributed by atoms with Crippen LogP contribution in [-0.4, -0.2) is 36.7 Å². The standard InChI is InChI=1S/C17H26FN3OS.HI/c1-3-19-17(21-14-6-5-9-23-12-14)20-11-13-7-8-16(22-4-2)15(18)10-13;/h7-8,10,14H,3-6,9,11-12H2,1-2H3,(H2,19,20,21);1H. The first-order valence-corrected chi connectivity index (χ1v) is 9.42. The fraction of sp³-hybridized carbons (Fsp3) is 0.588. The van der Waals surface area contributed by atoms with E-state index in [0.29, 0.717) is 24.9 Å². The topological polar surface area (TPSA) is 45.7 Å². The van der Waals surface area contributed by atoms with E-state index in [-0.39, 0.29) is 29.8 Å². The van der Waals surface area contributed by atoms with Gasteiger partial charge in [0.1, 0.15) is 0 Å². The Hall–Kier alpha value is -0.700. The zero-order chi connectivity index (χ0) is 16.5. The maximum absolute atomic E-state index is 13.9. The van der Waals surface area contributed by atoms with Crippen molar-refractivity contribution in [2.75, 3.05) is 24.7 Å². The van der Waals surface area contributed by atoms with Crippen molar-refractivity contribution in [3.05, 3.63) is 29.6 Å². The van der Waals surface area contributed by atoms with Gasteiger partial charge in [-0.1, -0.05) is 6.07 Å². The van der Waals surface area contributed by atoms with Gasteiger partial charge in [-0.2, -0.15) is 11.8 Å². The summed E-state index contributed by atoms with van der Waals surface area (Å²) in [7, 11) is 0. The number of hydrogen-bond acceptors (Lipinski definition) is 3. The molecule has 0 radical (unpaired) electrons. The highest BCUT2D eigenvalue weighted by molar-refractivity contribution is 14.0. The lowest BCUT2D eigenvalue weighted by Crippen LogP contribution is -2.45. The van der Waals surface area contributed by atoms with E-state index in [9.17, 15) is 4.39 Å². The highest BCUT2D eigenvalue weighted by atomic mass is 127. The van der Waals surface area contributed by atoms with E-state index >= 15 is 0 Å². The van der Waals surface area contributed by atoms with Crippen LogP contribution < -0.4 is 15.4 Å². The molecule has 136 valence electrons. The molecule has 1 aliphatic rings. The number of guanidine groups is 1. The third-order valence-corrected chi connectivity index (χ3v) is 4.78. The van der Waals surface area contributed by atoms with E-state index in [1.165, 1.54) is 24.7 Å². The summed E-state index contributed by atoms with van der Waals surface area (Å²) in [6.45, 7) is 5.60. The van der Waals surface area contributed by atoms with Gasteiger partial charge in [0.15, 0.2) is 17.5 Å². The van der Waals surface area contributed by atoms with E-state index in [1.54, 1.807) is 6.07 Å². The van der Waals surface area contributed by atoms with Gasteiger partial charge >= 0.3 is 0 Å². The smallest absolute Gasteiger partial charge is 0.191 e. The highest BCUT2D eigenvalue weighted by Gasteiger charge is 2.14. The van der Waals surface area contributed by atoms with Gasteiger partial charge in [-0.15, -0.1) is 24.0 Å². The van der Waals surface area contributed by atoms with Crippen LogP contribution in [0, 0.1) is 5.82 Å². The lowest BCUT2D eigenvalue weighted by Gasteiger charge is -2.24. The van der Waals surface area contributed by atoms with Gasteiger partial charge in [-0.05, 0) is 50.1 Å². The number of hydrogen-bond donors (Lipinski definition) is 2. The first kappa shape index (κ1) is 21.3. The molecule has 0 bridgehead atoms. The fourth-order valence-electron chi connectivity index (χ4n) is 2.45. The average Bonchev–Trinajstić information content (AvgIpc) is 2.56. The Morgan fingerprint density at radius 2 is 2.25 bits per heavy atom. The molecule has 2 N–H and O–H groups in total. The maximum atomic E-state index is 13.9. The zero-order valence-corrected chi connectivity index (χ0v) is 17.5. The van der Waals surface area contributed by atoms with Crippen molar-refractivity contribution >= 4 is 41.7 Å². The monoisotopic (exact) mass is 467 g/mol. The molecule has 0 amide bonds. The van der Waals surface area contributed by atoms with E-state index in [1.807, 2.05) is 31.7 Å². The molecule has 1 saturated heterocycles. The minimum atomic E-state index is -0.332. The van der Waals surface area contributed by atoms with Crippen molar-refractivity contribution in [3.63, 3.8) is 0 Å². The molecule has 1 heterocycles. The van der Waals surface area contributed by atoms with E-state index < -0.39 is 0 Å². The van der Waals surface area contributed by atoms with Crippen LogP contribution in [0.2, 0.25) is 0 Å². The fourth-order valence-corrected chi connectivity index (χ4v) is 3.53. The minimum Gasteiger partial charge on any atom is -0.491 e. The molecule has 7 heteroatoms. The van der Waals surface area contributed by atoms with E-state index in [4.69, 9.17) is 4.74 Å². The van der Waals surface area contributed by atoms with Gasteiger partial charge < -0.3 is 15.4 Å². The summed E-state index contributed by atoms with van der Waals surface area (Å²) in [6, 6.07) is 5.48. The van der Waals surface area contributed by atoms with Gasteiger partial charge in [-0.3, -0.25) is 0 Å². The summed E-state index contributed by atoms with van der Waals surface area (Å²) in [5.74, 6) is 3.12. The van der Waals surface area contributed by atoms with Gasteiger partial charge in [-0.25, -0.2) is 9.38 Å². The Morgan fingerprint density at radius 1 is 1.42 bits per heavy atom. The van der Waals surface area contributed by atoms with Crippen molar-refractivity contribution in [1.29, 1.82) is 0 Å². The Morgan fingerprint density at radius 3 is 2.88 bits per heavy atom. The van der Waals surface area contributed by atoms with Crippen molar-refractivity contribution in [3.8, 4) is 5.75 Å². The summed E-state index contributed by atoms with van der Waals surface area (Å²) in [5, 5.41) is 6.73. The van der Waals surface area contributed by atoms with Crippen molar-refractivity contribution in [1.82, 2.24) is 10.6 Å². The molecule has 0 spiro atoms. The summed E-state index contributed by atoms with van der Waals surface area (Å²) < 4.78 is 19.1. The van der Waals surface area contributed by atoms with Crippen LogP contribution in [-0.2, 0) is 6.54 Å². The van der Waals surface area contributed by atoms with E-state index in [2.05, 4.69) is 15.6 Å². The molecule has 1 fully saturated rings. The number of halogens is 2. The maximum Gasteiger partial charge on any atom is 0.191 e. The minimum absolute atomic E-state index is 0. The third kappa shape index (κ3) is 7.04. The molecule has 4 nitrogen and oxygen atoms in total. The van der Waals surface area contributed by atoms with Crippen LogP contribution >= 0.6 is 35.7 Å². The normalized spacial score (nSPS) is 17.8. The van der Waals surface area contributed by atoms with Crippen molar-refractivity contribution < 1.29 is 9.13 Å². The highest BCUT2D eigenvalue weighted by Crippen LogP contribution is 2.19. The molecular weight excluding hydrogens is 440 g/mol. The number of nitrogens with one attached hydrogen (secondary N) is 2. The van der Waals surface area contributed by atoms with Gasteiger partial charge in [0.25, 0.3) is 0 Å². The first-order valence-electron chi connectivity index (χ1n) is 8.26. The van der Waals surface area contributed by atoms with Crippen LogP contribution in [0.3, 0.4) is 0 Å². The number of benzene rings is 1. The van der Waals surface area contributed by atoms with Crippen molar-refractivity contribution in [2.24, 2.45) is 4.99 Å². The van der Waals surface area contributed by atoms with Gasteiger partial charge in [0.2, 0.25) is 0 Å². The molecule has 1 unspecified atom stereocenters. The Balaban J connectivity index is 0.00000288. The summed E-state index contributed by atoms with van der Waals surface area (Å²) in [5.41, 5.74) is 0.834. The quantitative estimate of drug-likeness (QED) is 0.380. The Labute approximate surface area is 165 Å². The number of nitrogens with zero attached hydrogens (tertiary/aromatic N) is 1. The lowest BCUT2D eigenvalue weighted by molar-refractivity contribution is 0.321. The number of thioether (sulfide) groups is 1. The molecule has 2 rings (SSSR count). The number of aliphatic imine (C=N–C) groups is 1. The second-order valence-electron chi connectivity index (χ2n) is 5.45. The largest absolute Gasteiger partial charge is 0.491 e. The summed E-state index contributed by atoms with van der Waals surface area (Å²) >= 11 is 1.98. The Bertz CT molecular complexity index is 525. The van der Waals surface area contributed by atoms with Crippen LogP contribution in [0.4, 0.5) is 4.39 Å². The molecule has 24 heavy (non-hydrogen) atoms. The molecule has 0 saturated carbocycles. The van der Waals surface area contributed by atoms with Crippen LogP contribution in [0.1, 0.15) is 32.3 Å². The SMILES string of the molecule is CCNC(=NCc1ccc(OCC)c(F)c1)NC1CCCSC1.I. The molecule has 1 aliphatic heterocycles. The molecule has 1 atom stereocenters. The van der Waals surface area contributed by atoms with Gasteiger partial charge in [0, 0.05) is 18.3 Å². The Kier molecular flexibility index (Phi) is 10.5. The molecular formula is C17H27FIN3OS. The van der Waals surface area contributed by atoms with Crippen molar-refractivity contribution in [2.45, 2.75) is 39.3 Å². The first-order chi connectivity index (χ1) is 11.2.